The number of anilines is 1. The number of likely N-dealkylation sites (tertiary alicyclic amines) is 1. The van der Waals surface area contributed by atoms with Crippen molar-refractivity contribution >= 4 is 29.1 Å². The first-order valence-electron chi connectivity index (χ1n) is 10.5. The van der Waals surface area contributed by atoms with E-state index in [0.717, 1.165) is 5.56 Å². The summed E-state index contributed by atoms with van der Waals surface area (Å²) >= 11 is 5.93. The molecular formula is C25H25ClN2O5. The summed E-state index contributed by atoms with van der Waals surface area (Å²) in [5.41, 5.74) is 1.91. The van der Waals surface area contributed by atoms with Crippen LogP contribution in [-0.4, -0.2) is 49.8 Å². The largest absolute Gasteiger partial charge is 0.464 e. The quantitative estimate of drug-likeness (QED) is 0.531. The number of carbonyl (C=O) groups excluding carboxylic acids is 2. The van der Waals surface area contributed by atoms with Crippen LogP contribution in [0.4, 0.5) is 5.69 Å². The number of carbonyl (C=O) groups is 2. The molecule has 2 heterocycles. The van der Waals surface area contributed by atoms with Crippen LogP contribution in [0.1, 0.15) is 16.8 Å². The van der Waals surface area contributed by atoms with Gasteiger partial charge in [-0.15, -0.1) is 0 Å². The number of nitrogens with zero attached hydrogens (tertiary/aromatic N) is 1. The van der Waals surface area contributed by atoms with E-state index in [-0.39, 0.29) is 24.9 Å². The van der Waals surface area contributed by atoms with E-state index in [0.29, 0.717) is 28.5 Å². The van der Waals surface area contributed by atoms with E-state index in [1.807, 2.05) is 12.1 Å². The first-order valence-corrected chi connectivity index (χ1v) is 10.9. The lowest BCUT2D eigenvalue weighted by Gasteiger charge is -2.43. The van der Waals surface area contributed by atoms with Crippen LogP contribution in [0.3, 0.4) is 0 Å². The van der Waals surface area contributed by atoms with E-state index in [1.165, 1.54) is 14.2 Å². The van der Waals surface area contributed by atoms with Gasteiger partial charge in [0.25, 0.3) is 5.91 Å². The summed E-state index contributed by atoms with van der Waals surface area (Å²) in [7, 11) is 3.03. The maximum Gasteiger partial charge on any atom is 0.254 e. The summed E-state index contributed by atoms with van der Waals surface area (Å²) in [4.78, 5) is 28.1. The van der Waals surface area contributed by atoms with Gasteiger partial charge >= 0.3 is 0 Å². The Kier molecular flexibility index (Phi) is 6.83. The number of hydrogen-bond donors (Lipinski definition) is 1. The third-order valence-electron chi connectivity index (χ3n) is 5.86. The second-order valence-electron chi connectivity index (χ2n) is 7.96. The van der Waals surface area contributed by atoms with Crippen LogP contribution < -0.4 is 5.32 Å². The molecule has 0 spiro atoms. The Morgan fingerprint density at radius 2 is 1.85 bits per heavy atom. The van der Waals surface area contributed by atoms with Crippen molar-refractivity contribution in [1.29, 1.82) is 0 Å². The van der Waals surface area contributed by atoms with E-state index in [1.54, 1.807) is 59.7 Å². The van der Waals surface area contributed by atoms with Crippen LogP contribution in [0.2, 0.25) is 5.02 Å². The fourth-order valence-corrected chi connectivity index (χ4v) is 4.17. The molecule has 0 saturated carbocycles. The van der Waals surface area contributed by atoms with Crippen molar-refractivity contribution in [2.24, 2.45) is 5.92 Å². The Hall–Kier alpha value is -3.13. The van der Waals surface area contributed by atoms with E-state index >= 15 is 0 Å². The number of piperidine rings is 1. The van der Waals surface area contributed by atoms with Gasteiger partial charge in [-0.1, -0.05) is 23.7 Å². The predicted octanol–water partition coefficient (Wildman–Crippen LogP) is 4.69. The number of rotatable bonds is 6. The summed E-state index contributed by atoms with van der Waals surface area (Å²) in [6.45, 7) is 0.437. The summed E-state index contributed by atoms with van der Waals surface area (Å²) < 4.78 is 16.7. The van der Waals surface area contributed by atoms with Gasteiger partial charge in [0, 0.05) is 49.0 Å². The summed E-state index contributed by atoms with van der Waals surface area (Å²) in [5, 5.41) is 3.47. The first kappa shape index (κ1) is 23.0. The number of ether oxygens (including phenoxy) is 2. The number of amides is 2. The van der Waals surface area contributed by atoms with Crippen molar-refractivity contribution in [3.63, 3.8) is 0 Å². The van der Waals surface area contributed by atoms with E-state index in [4.69, 9.17) is 25.5 Å². The molecule has 1 aromatic heterocycles. The third kappa shape index (κ3) is 5.11. The van der Waals surface area contributed by atoms with E-state index in [2.05, 4.69) is 5.32 Å². The lowest BCUT2D eigenvalue weighted by Crippen LogP contribution is -2.57. The van der Waals surface area contributed by atoms with Crippen molar-refractivity contribution in [2.75, 3.05) is 32.6 Å². The van der Waals surface area contributed by atoms with Gasteiger partial charge in [-0.25, -0.2) is 0 Å². The number of benzene rings is 2. The molecule has 2 aromatic carbocycles. The number of hydrogen-bond acceptors (Lipinski definition) is 5. The molecule has 1 aliphatic rings. The maximum atomic E-state index is 13.4. The molecular weight excluding hydrogens is 444 g/mol. The van der Waals surface area contributed by atoms with Gasteiger partial charge in [-0.2, -0.15) is 0 Å². The topological polar surface area (TPSA) is 81.0 Å². The van der Waals surface area contributed by atoms with Crippen LogP contribution in [0.5, 0.6) is 0 Å². The molecule has 1 aliphatic heterocycles. The standard InChI is InChI=1S/C25H25ClN2O5/c1-31-25(32-2)14-19(23(29)27-21-10-8-20(26)9-11-21)15-28(16-25)24(30)18-6-3-5-17(13-18)22-7-4-12-33-22/h3-13,19H,14-16H2,1-2H3,(H,27,29). The van der Waals surface area contributed by atoms with Crippen molar-refractivity contribution in [1.82, 2.24) is 4.90 Å². The minimum atomic E-state index is -1.09. The normalized spacial score (nSPS) is 17.5. The molecule has 1 N–H and O–H groups in total. The highest BCUT2D eigenvalue weighted by atomic mass is 35.5. The average molecular weight is 469 g/mol. The molecule has 1 fully saturated rings. The van der Waals surface area contributed by atoms with Crippen molar-refractivity contribution in [3.05, 3.63) is 77.5 Å². The zero-order valence-corrected chi connectivity index (χ0v) is 19.2. The molecule has 8 heteroatoms. The van der Waals surface area contributed by atoms with Gasteiger partial charge in [-0.05, 0) is 48.5 Å². The van der Waals surface area contributed by atoms with Crippen LogP contribution in [0.25, 0.3) is 11.3 Å². The third-order valence-corrected chi connectivity index (χ3v) is 6.11. The molecule has 1 atom stereocenters. The molecule has 33 heavy (non-hydrogen) atoms. The van der Waals surface area contributed by atoms with Crippen LogP contribution in [-0.2, 0) is 14.3 Å². The Morgan fingerprint density at radius 1 is 1.09 bits per heavy atom. The Balaban J connectivity index is 1.57. The van der Waals surface area contributed by atoms with Gasteiger partial charge < -0.3 is 24.1 Å². The molecule has 1 saturated heterocycles. The SMILES string of the molecule is COC1(OC)CC(C(=O)Nc2ccc(Cl)cc2)CN(C(=O)c2cccc(-c3ccco3)c2)C1. The molecule has 172 valence electrons. The monoisotopic (exact) mass is 468 g/mol. The van der Waals surface area contributed by atoms with Gasteiger partial charge in [0.15, 0.2) is 5.79 Å². The summed E-state index contributed by atoms with van der Waals surface area (Å²) in [6, 6.07) is 17.7. The fourth-order valence-electron chi connectivity index (χ4n) is 4.04. The highest BCUT2D eigenvalue weighted by Gasteiger charge is 2.44. The van der Waals surface area contributed by atoms with Gasteiger partial charge in [0.1, 0.15) is 5.76 Å². The molecule has 4 rings (SSSR count). The van der Waals surface area contributed by atoms with Crippen molar-refractivity contribution in [3.8, 4) is 11.3 Å². The van der Waals surface area contributed by atoms with Crippen LogP contribution in [0, 0.1) is 5.92 Å². The molecule has 0 radical (unpaired) electrons. The van der Waals surface area contributed by atoms with Gasteiger partial charge in [0.2, 0.25) is 5.91 Å². The van der Waals surface area contributed by atoms with Crippen LogP contribution in [0.15, 0.2) is 71.3 Å². The number of furan rings is 1. The molecule has 2 amide bonds. The van der Waals surface area contributed by atoms with Gasteiger partial charge in [-0.3, -0.25) is 9.59 Å². The number of nitrogens with one attached hydrogen (secondary N) is 1. The lowest BCUT2D eigenvalue weighted by molar-refractivity contribution is -0.235. The molecule has 0 bridgehead atoms. The highest BCUT2D eigenvalue weighted by Crippen LogP contribution is 2.32. The molecule has 0 aliphatic carbocycles. The van der Waals surface area contributed by atoms with Crippen LogP contribution >= 0.6 is 11.6 Å². The van der Waals surface area contributed by atoms with E-state index < -0.39 is 11.7 Å². The Morgan fingerprint density at radius 3 is 2.52 bits per heavy atom. The zero-order valence-electron chi connectivity index (χ0n) is 18.4. The minimum absolute atomic E-state index is 0.203. The minimum Gasteiger partial charge on any atom is -0.464 e. The molecule has 7 nitrogen and oxygen atoms in total. The Labute approximate surface area is 197 Å². The first-order chi connectivity index (χ1) is 15.9. The molecule has 1 unspecified atom stereocenters. The van der Waals surface area contributed by atoms with Crippen molar-refractivity contribution < 1.29 is 23.5 Å². The number of methoxy groups -OCH3 is 2. The summed E-state index contributed by atoms with van der Waals surface area (Å²) in [6.07, 6.45) is 1.90. The maximum absolute atomic E-state index is 13.4. The predicted molar refractivity (Wildman–Crippen MR) is 125 cm³/mol. The average Bonchev–Trinajstić information content (AvgIpc) is 3.40. The highest BCUT2D eigenvalue weighted by molar-refractivity contribution is 6.30. The molecule has 3 aromatic rings. The smallest absolute Gasteiger partial charge is 0.254 e. The lowest BCUT2D eigenvalue weighted by atomic mass is 9.91. The van der Waals surface area contributed by atoms with Crippen molar-refractivity contribution in [2.45, 2.75) is 12.2 Å². The summed E-state index contributed by atoms with van der Waals surface area (Å²) in [5.74, 6) is -1.39. The fraction of sp³-hybridized carbons (Fsp3) is 0.280. The van der Waals surface area contributed by atoms with Gasteiger partial charge in [0.05, 0.1) is 18.7 Å². The zero-order chi connectivity index (χ0) is 23.4. The second-order valence-corrected chi connectivity index (χ2v) is 8.40. The van der Waals surface area contributed by atoms with E-state index in [9.17, 15) is 9.59 Å². The number of halogens is 1. The Bertz CT molecular complexity index is 1110. The second kappa shape index (κ2) is 9.79.